The molecule has 0 spiro atoms. The molecule has 1 amide bonds. The lowest BCUT2D eigenvalue weighted by Crippen LogP contribution is -2.16. The van der Waals surface area contributed by atoms with E-state index in [1.54, 1.807) is 0 Å². The Bertz CT molecular complexity index is 691. The number of carbonyl (C=O) groups is 2. The smallest absolute Gasteiger partial charge is 0.337 e. The summed E-state index contributed by atoms with van der Waals surface area (Å²) in [6.07, 6.45) is 1.22. The lowest BCUT2D eigenvalue weighted by molar-refractivity contribution is 0.0698. The molecule has 0 radical (unpaired) electrons. The Morgan fingerprint density at radius 3 is 2.65 bits per heavy atom. The van der Waals surface area contributed by atoms with Crippen molar-refractivity contribution < 1.29 is 19.1 Å². The number of benzene rings is 1. The van der Waals surface area contributed by atoms with Crippen molar-refractivity contribution in [3.8, 4) is 0 Å². The molecular formula is C13H8BrFN2O3. The van der Waals surface area contributed by atoms with Gasteiger partial charge in [0, 0.05) is 10.7 Å². The number of rotatable bonds is 3. The van der Waals surface area contributed by atoms with Crippen molar-refractivity contribution in [2.45, 2.75) is 0 Å². The number of aromatic nitrogens is 1. The predicted octanol–water partition coefficient (Wildman–Crippen LogP) is 2.93. The molecule has 2 aromatic rings. The molecule has 1 heterocycles. The van der Waals surface area contributed by atoms with E-state index >= 15 is 0 Å². The van der Waals surface area contributed by atoms with Crippen molar-refractivity contribution in [3.63, 3.8) is 0 Å². The van der Waals surface area contributed by atoms with Crippen LogP contribution in [0.1, 0.15) is 20.7 Å². The van der Waals surface area contributed by atoms with E-state index in [9.17, 15) is 14.0 Å². The molecule has 1 aromatic heterocycles. The first-order valence-electron chi connectivity index (χ1n) is 5.44. The molecule has 2 rings (SSSR count). The monoisotopic (exact) mass is 338 g/mol. The van der Waals surface area contributed by atoms with Crippen LogP contribution in [-0.2, 0) is 0 Å². The second-order valence-electron chi connectivity index (χ2n) is 3.79. The fraction of sp³-hybridized carbons (Fsp3) is 0. The Morgan fingerprint density at radius 1 is 1.25 bits per heavy atom. The number of carboxylic acid groups (broad SMARTS) is 1. The number of nitrogens with one attached hydrogen (secondary N) is 1. The Morgan fingerprint density at radius 2 is 2.00 bits per heavy atom. The van der Waals surface area contributed by atoms with Gasteiger partial charge in [-0.3, -0.25) is 4.79 Å². The second-order valence-corrected chi connectivity index (χ2v) is 4.71. The zero-order valence-corrected chi connectivity index (χ0v) is 11.5. The van der Waals surface area contributed by atoms with Crippen LogP contribution in [0, 0.1) is 5.95 Å². The summed E-state index contributed by atoms with van der Waals surface area (Å²) in [4.78, 5) is 26.4. The van der Waals surface area contributed by atoms with Gasteiger partial charge in [-0.25, -0.2) is 9.78 Å². The normalized spacial score (nSPS) is 10.1. The number of carbonyl (C=O) groups excluding carboxylic acids is 1. The molecule has 0 aliphatic rings. The number of halogens is 2. The third-order valence-electron chi connectivity index (χ3n) is 2.46. The standard InChI is InChI=1S/C13H8BrFN2O3/c14-7-3-4-8(13(19)20)10(6-7)17-12(18)9-2-1-5-16-11(9)15/h1-6H,(H,17,18)(H,19,20). The highest BCUT2D eigenvalue weighted by molar-refractivity contribution is 9.10. The SMILES string of the molecule is O=C(O)c1ccc(Br)cc1NC(=O)c1cccnc1F. The molecule has 0 saturated heterocycles. The van der Waals surface area contributed by atoms with E-state index in [4.69, 9.17) is 5.11 Å². The molecule has 0 aliphatic carbocycles. The average molecular weight is 339 g/mol. The van der Waals surface area contributed by atoms with E-state index in [-0.39, 0.29) is 16.8 Å². The van der Waals surface area contributed by atoms with Crippen LogP contribution in [0.4, 0.5) is 10.1 Å². The van der Waals surface area contributed by atoms with Gasteiger partial charge in [-0.15, -0.1) is 0 Å². The Hall–Kier alpha value is -2.28. The molecule has 5 nitrogen and oxygen atoms in total. The van der Waals surface area contributed by atoms with Crippen LogP contribution in [-0.4, -0.2) is 22.0 Å². The molecule has 0 fully saturated rings. The first kappa shape index (κ1) is 14.1. The number of pyridine rings is 1. The third kappa shape index (κ3) is 3.00. The molecule has 0 atom stereocenters. The fourth-order valence-electron chi connectivity index (χ4n) is 1.55. The van der Waals surface area contributed by atoms with Crippen LogP contribution >= 0.6 is 15.9 Å². The summed E-state index contributed by atoms with van der Waals surface area (Å²) in [5.41, 5.74) is -0.283. The van der Waals surface area contributed by atoms with Crippen LogP contribution in [0.2, 0.25) is 0 Å². The summed E-state index contributed by atoms with van der Waals surface area (Å²) in [5.74, 6) is -2.88. The summed E-state index contributed by atoms with van der Waals surface area (Å²) >= 11 is 3.18. The van der Waals surface area contributed by atoms with E-state index in [0.717, 1.165) is 0 Å². The van der Waals surface area contributed by atoms with Crippen molar-refractivity contribution in [2.75, 3.05) is 5.32 Å². The first-order chi connectivity index (χ1) is 9.49. The number of amides is 1. The summed E-state index contributed by atoms with van der Waals surface area (Å²) in [6, 6.07) is 6.97. The maximum Gasteiger partial charge on any atom is 0.337 e. The number of carboxylic acids is 1. The maximum absolute atomic E-state index is 13.4. The van der Waals surface area contributed by atoms with Gasteiger partial charge < -0.3 is 10.4 Å². The number of anilines is 1. The summed E-state index contributed by atoms with van der Waals surface area (Å²) < 4.78 is 14.0. The van der Waals surface area contributed by atoms with Crippen LogP contribution in [0.3, 0.4) is 0 Å². The maximum atomic E-state index is 13.4. The minimum atomic E-state index is -1.19. The Kier molecular flexibility index (Phi) is 4.09. The highest BCUT2D eigenvalue weighted by Gasteiger charge is 2.16. The molecule has 20 heavy (non-hydrogen) atoms. The van der Waals surface area contributed by atoms with E-state index in [1.165, 1.54) is 36.5 Å². The van der Waals surface area contributed by atoms with Gasteiger partial charge in [0.25, 0.3) is 5.91 Å². The minimum Gasteiger partial charge on any atom is -0.478 e. The zero-order chi connectivity index (χ0) is 14.7. The van der Waals surface area contributed by atoms with Crippen molar-refractivity contribution >= 4 is 33.5 Å². The summed E-state index contributed by atoms with van der Waals surface area (Å²) in [5, 5.41) is 11.4. The molecule has 0 saturated carbocycles. The largest absolute Gasteiger partial charge is 0.478 e. The average Bonchev–Trinajstić information content (AvgIpc) is 2.38. The highest BCUT2D eigenvalue weighted by atomic mass is 79.9. The fourth-order valence-corrected chi connectivity index (χ4v) is 1.91. The van der Waals surface area contributed by atoms with Gasteiger partial charge in [0.05, 0.1) is 16.8 Å². The first-order valence-corrected chi connectivity index (χ1v) is 6.23. The summed E-state index contributed by atoms with van der Waals surface area (Å²) in [6.45, 7) is 0. The van der Waals surface area contributed by atoms with E-state index < -0.39 is 17.8 Å². The number of hydrogen-bond acceptors (Lipinski definition) is 3. The van der Waals surface area contributed by atoms with Crippen molar-refractivity contribution in [2.24, 2.45) is 0 Å². The lowest BCUT2D eigenvalue weighted by Gasteiger charge is -2.09. The third-order valence-corrected chi connectivity index (χ3v) is 2.96. The molecule has 0 aliphatic heterocycles. The topological polar surface area (TPSA) is 79.3 Å². The number of aromatic carboxylic acids is 1. The molecule has 0 unspecified atom stereocenters. The Labute approximate surface area is 121 Å². The second kappa shape index (κ2) is 5.79. The molecule has 1 aromatic carbocycles. The number of nitrogens with zero attached hydrogens (tertiary/aromatic N) is 1. The predicted molar refractivity (Wildman–Crippen MR) is 73.2 cm³/mol. The van der Waals surface area contributed by atoms with Gasteiger partial charge in [-0.05, 0) is 30.3 Å². The quantitative estimate of drug-likeness (QED) is 0.843. The van der Waals surface area contributed by atoms with Crippen molar-refractivity contribution in [1.82, 2.24) is 4.98 Å². The lowest BCUT2D eigenvalue weighted by atomic mass is 10.1. The van der Waals surface area contributed by atoms with Crippen LogP contribution in [0.5, 0.6) is 0 Å². The minimum absolute atomic E-state index is 0.0696. The molecule has 7 heteroatoms. The molecule has 2 N–H and O–H groups in total. The summed E-state index contributed by atoms with van der Waals surface area (Å²) in [7, 11) is 0. The highest BCUT2D eigenvalue weighted by Crippen LogP contribution is 2.22. The van der Waals surface area contributed by atoms with Gasteiger partial charge in [0.2, 0.25) is 5.95 Å². The van der Waals surface area contributed by atoms with Gasteiger partial charge >= 0.3 is 5.97 Å². The molecular weight excluding hydrogens is 331 g/mol. The van der Waals surface area contributed by atoms with Crippen molar-refractivity contribution in [3.05, 3.63) is 58.1 Å². The van der Waals surface area contributed by atoms with E-state index in [1.807, 2.05) is 0 Å². The molecule has 102 valence electrons. The van der Waals surface area contributed by atoms with Gasteiger partial charge in [-0.2, -0.15) is 4.39 Å². The van der Waals surface area contributed by atoms with Crippen LogP contribution in [0.15, 0.2) is 41.0 Å². The van der Waals surface area contributed by atoms with Gasteiger partial charge in [0.1, 0.15) is 0 Å². The van der Waals surface area contributed by atoms with E-state index in [2.05, 4.69) is 26.2 Å². The molecule has 0 bridgehead atoms. The van der Waals surface area contributed by atoms with E-state index in [0.29, 0.717) is 4.47 Å². The van der Waals surface area contributed by atoms with Crippen LogP contribution < -0.4 is 5.32 Å². The van der Waals surface area contributed by atoms with Crippen LogP contribution in [0.25, 0.3) is 0 Å². The Balaban J connectivity index is 2.35. The van der Waals surface area contributed by atoms with Crippen molar-refractivity contribution in [1.29, 1.82) is 0 Å². The zero-order valence-electron chi connectivity index (χ0n) is 9.93. The number of hydrogen-bond donors (Lipinski definition) is 2. The van der Waals surface area contributed by atoms with Gasteiger partial charge in [0.15, 0.2) is 0 Å². The van der Waals surface area contributed by atoms with Gasteiger partial charge in [-0.1, -0.05) is 15.9 Å².